The molecule has 1 aliphatic heterocycles. The fourth-order valence-electron chi connectivity index (χ4n) is 2.99. The molecule has 1 aromatic carbocycles. The quantitative estimate of drug-likeness (QED) is 0.856. The van der Waals surface area contributed by atoms with Gasteiger partial charge in [-0.25, -0.2) is 4.39 Å². The Morgan fingerprint density at radius 2 is 2.14 bits per heavy atom. The standard InChI is InChI=1S/C17H23FN2O/c1-13-10-20(12-17(13)19(2)3)11-15-7-6-14(5-4-8-21)9-16(15)18/h6-7,9,13,17,21H,8,10-12H2,1-3H3. The maximum atomic E-state index is 14.1. The van der Waals surface area contributed by atoms with E-state index < -0.39 is 0 Å². The van der Waals surface area contributed by atoms with Crippen molar-refractivity contribution in [3.05, 3.63) is 35.1 Å². The molecule has 1 N–H and O–H groups in total. The molecule has 21 heavy (non-hydrogen) atoms. The zero-order valence-corrected chi connectivity index (χ0v) is 12.9. The third kappa shape index (κ3) is 4.04. The first-order valence-electron chi connectivity index (χ1n) is 7.28. The first-order valence-corrected chi connectivity index (χ1v) is 7.28. The van der Waals surface area contributed by atoms with Crippen LogP contribution in [0, 0.1) is 23.6 Å². The van der Waals surface area contributed by atoms with E-state index in [1.165, 1.54) is 6.07 Å². The Hall–Kier alpha value is -1.41. The first-order chi connectivity index (χ1) is 10.0. The van der Waals surface area contributed by atoms with Gasteiger partial charge in [-0.15, -0.1) is 0 Å². The van der Waals surface area contributed by atoms with E-state index in [1.807, 2.05) is 6.07 Å². The number of nitrogens with zero attached hydrogens (tertiary/aromatic N) is 2. The summed E-state index contributed by atoms with van der Waals surface area (Å²) < 4.78 is 14.1. The van der Waals surface area contributed by atoms with Crippen LogP contribution in [-0.4, -0.2) is 54.7 Å². The van der Waals surface area contributed by atoms with Gasteiger partial charge >= 0.3 is 0 Å². The van der Waals surface area contributed by atoms with E-state index in [-0.39, 0.29) is 12.4 Å². The third-order valence-corrected chi connectivity index (χ3v) is 4.07. The Kier molecular flexibility index (Phi) is 5.35. The van der Waals surface area contributed by atoms with Crippen molar-refractivity contribution in [2.24, 2.45) is 5.92 Å². The molecule has 2 unspecified atom stereocenters. The van der Waals surface area contributed by atoms with Gasteiger partial charge in [-0.05, 0) is 32.1 Å². The number of hydrogen-bond acceptors (Lipinski definition) is 3. The summed E-state index contributed by atoms with van der Waals surface area (Å²) in [6.45, 7) is 4.64. The van der Waals surface area contributed by atoms with Gasteiger partial charge in [0.25, 0.3) is 0 Å². The van der Waals surface area contributed by atoms with E-state index in [4.69, 9.17) is 5.11 Å². The molecule has 1 heterocycles. The van der Waals surface area contributed by atoms with Gasteiger partial charge in [0.15, 0.2) is 0 Å². The lowest BCUT2D eigenvalue weighted by Crippen LogP contribution is -2.34. The molecule has 3 nitrogen and oxygen atoms in total. The zero-order valence-electron chi connectivity index (χ0n) is 12.9. The van der Waals surface area contributed by atoms with Crippen molar-refractivity contribution in [3.63, 3.8) is 0 Å². The normalized spacial score (nSPS) is 22.4. The SMILES string of the molecule is CC1CN(Cc2ccc(C#CCO)cc2F)CC1N(C)C. The molecule has 1 fully saturated rings. The average Bonchev–Trinajstić information content (AvgIpc) is 2.80. The number of halogens is 1. The van der Waals surface area contributed by atoms with Gasteiger partial charge in [-0.1, -0.05) is 24.8 Å². The van der Waals surface area contributed by atoms with Gasteiger partial charge in [0.1, 0.15) is 12.4 Å². The fourth-order valence-corrected chi connectivity index (χ4v) is 2.99. The summed E-state index contributed by atoms with van der Waals surface area (Å²) in [4.78, 5) is 4.54. The molecule has 0 amide bonds. The zero-order chi connectivity index (χ0) is 15.4. The second-order valence-electron chi connectivity index (χ2n) is 5.97. The largest absolute Gasteiger partial charge is 0.384 e. The maximum Gasteiger partial charge on any atom is 0.128 e. The van der Waals surface area contributed by atoms with Crippen LogP contribution in [0.25, 0.3) is 0 Å². The Bertz CT molecular complexity index is 547. The van der Waals surface area contributed by atoms with Crippen LogP contribution in [0.4, 0.5) is 4.39 Å². The highest BCUT2D eigenvalue weighted by atomic mass is 19.1. The number of likely N-dealkylation sites (tertiary alicyclic amines) is 1. The lowest BCUT2D eigenvalue weighted by atomic mass is 10.1. The van der Waals surface area contributed by atoms with Crippen LogP contribution in [0.5, 0.6) is 0 Å². The summed E-state index contributed by atoms with van der Waals surface area (Å²) in [5, 5.41) is 8.66. The fraction of sp³-hybridized carbons (Fsp3) is 0.529. The molecule has 114 valence electrons. The van der Waals surface area contributed by atoms with Gasteiger partial charge in [-0.3, -0.25) is 4.90 Å². The van der Waals surface area contributed by atoms with Crippen LogP contribution >= 0.6 is 0 Å². The van der Waals surface area contributed by atoms with E-state index in [0.717, 1.165) is 13.1 Å². The number of aliphatic hydroxyl groups is 1. The second-order valence-corrected chi connectivity index (χ2v) is 5.97. The monoisotopic (exact) mass is 290 g/mol. The van der Waals surface area contributed by atoms with Gasteiger partial charge in [-0.2, -0.15) is 0 Å². The molecule has 1 aliphatic rings. The van der Waals surface area contributed by atoms with Gasteiger partial charge in [0.2, 0.25) is 0 Å². The second kappa shape index (κ2) is 7.04. The van der Waals surface area contributed by atoms with Crippen LogP contribution < -0.4 is 0 Å². The topological polar surface area (TPSA) is 26.7 Å². The minimum atomic E-state index is -0.222. The summed E-state index contributed by atoms with van der Waals surface area (Å²) in [7, 11) is 4.19. The minimum absolute atomic E-state index is 0.207. The smallest absolute Gasteiger partial charge is 0.128 e. The van der Waals surface area contributed by atoms with Crippen molar-refractivity contribution in [2.45, 2.75) is 19.5 Å². The Morgan fingerprint density at radius 1 is 1.38 bits per heavy atom. The molecule has 0 aliphatic carbocycles. The minimum Gasteiger partial charge on any atom is -0.384 e. The summed E-state index contributed by atoms with van der Waals surface area (Å²) in [5.41, 5.74) is 1.31. The van der Waals surface area contributed by atoms with Crippen molar-refractivity contribution in [3.8, 4) is 11.8 Å². The Labute approximate surface area is 126 Å². The highest BCUT2D eigenvalue weighted by Crippen LogP contribution is 2.22. The molecule has 4 heteroatoms. The summed E-state index contributed by atoms with van der Waals surface area (Å²) in [5.74, 6) is 5.63. The van der Waals surface area contributed by atoms with Gasteiger partial charge in [0.05, 0.1) is 0 Å². The van der Waals surface area contributed by atoms with E-state index in [1.54, 1.807) is 6.07 Å². The van der Waals surface area contributed by atoms with Gasteiger partial charge < -0.3 is 10.0 Å². The first kappa shape index (κ1) is 16.0. The molecule has 0 bridgehead atoms. The summed E-state index contributed by atoms with van der Waals surface area (Å²) >= 11 is 0. The van der Waals surface area contributed by atoms with E-state index >= 15 is 0 Å². The highest BCUT2D eigenvalue weighted by molar-refractivity contribution is 5.37. The van der Waals surface area contributed by atoms with Gasteiger partial charge in [0, 0.05) is 36.8 Å². The molecule has 1 aromatic rings. The molecule has 1 saturated heterocycles. The number of hydrogen-bond donors (Lipinski definition) is 1. The number of likely N-dealkylation sites (N-methyl/N-ethyl adjacent to an activating group) is 1. The molecular formula is C17H23FN2O. The molecule has 2 atom stereocenters. The predicted molar refractivity (Wildman–Crippen MR) is 82.3 cm³/mol. The Morgan fingerprint density at radius 3 is 2.71 bits per heavy atom. The van der Waals surface area contributed by atoms with Crippen molar-refractivity contribution < 1.29 is 9.50 Å². The molecule has 0 spiro atoms. The number of aliphatic hydroxyl groups excluding tert-OH is 1. The maximum absolute atomic E-state index is 14.1. The molecule has 0 saturated carbocycles. The number of benzene rings is 1. The summed E-state index contributed by atoms with van der Waals surface area (Å²) in [6, 6.07) is 5.58. The molecule has 0 radical (unpaired) electrons. The lowest BCUT2D eigenvalue weighted by Gasteiger charge is -2.22. The number of rotatable bonds is 3. The average molecular weight is 290 g/mol. The van der Waals surface area contributed by atoms with Crippen LogP contribution in [0.15, 0.2) is 18.2 Å². The predicted octanol–water partition coefficient (Wildman–Crippen LogP) is 1.55. The van der Waals surface area contributed by atoms with Crippen LogP contribution in [0.3, 0.4) is 0 Å². The van der Waals surface area contributed by atoms with Crippen LogP contribution in [0.2, 0.25) is 0 Å². The molecular weight excluding hydrogens is 267 g/mol. The van der Waals surface area contributed by atoms with Crippen LogP contribution in [0.1, 0.15) is 18.1 Å². The third-order valence-electron chi connectivity index (χ3n) is 4.07. The Balaban J connectivity index is 2.04. The molecule has 2 rings (SSSR count). The van der Waals surface area contributed by atoms with Crippen molar-refractivity contribution >= 4 is 0 Å². The van der Waals surface area contributed by atoms with E-state index in [2.05, 4.69) is 42.7 Å². The molecule has 0 aromatic heterocycles. The van der Waals surface area contributed by atoms with Crippen molar-refractivity contribution in [1.29, 1.82) is 0 Å². The lowest BCUT2D eigenvalue weighted by molar-refractivity contribution is 0.249. The van der Waals surface area contributed by atoms with E-state index in [0.29, 0.717) is 29.6 Å². The van der Waals surface area contributed by atoms with Crippen molar-refractivity contribution in [2.75, 3.05) is 33.8 Å². The van der Waals surface area contributed by atoms with E-state index in [9.17, 15) is 4.39 Å². The van der Waals surface area contributed by atoms with Crippen molar-refractivity contribution in [1.82, 2.24) is 9.80 Å². The summed E-state index contributed by atoms with van der Waals surface area (Å²) in [6.07, 6.45) is 0. The van der Waals surface area contributed by atoms with Crippen LogP contribution in [-0.2, 0) is 6.54 Å². The highest BCUT2D eigenvalue weighted by Gasteiger charge is 2.31.